The summed E-state index contributed by atoms with van der Waals surface area (Å²) in [4.78, 5) is 15.8. The summed E-state index contributed by atoms with van der Waals surface area (Å²) >= 11 is 0. The predicted octanol–water partition coefficient (Wildman–Crippen LogP) is 3.52. The Morgan fingerprint density at radius 3 is 2.79 bits per heavy atom. The molecule has 0 aliphatic carbocycles. The minimum atomic E-state index is -0.0000784. The molecule has 5 nitrogen and oxygen atoms in total. The Kier molecular flexibility index (Phi) is 6.46. The van der Waals surface area contributed by atoms with Crippen molar-refractivity contribution in [3.8, 4) is 0 Å². The van der Waals surface area contributed by atoms with Crippen LogP contribution >= 0.6 is 12.4 Å². The van der Waals surface area contributed by atoms with Gasteiger partial charge in [-0.15, -0.1) is 12.4 Å². The molecule has 2 saturated heterocycles. The van der Waals surface area contributed by atoms with Crippen LogP contribution < -0.4 is 5.32 Å². The zero-order valence-electron chi connectivity index (χ0n) is 17.0. The third-order valence-corrected chi connectivity index (χ3v) is 6.48. The van der Waals surface area contributed by atoms with E-state index in [1.54, 1.807) is 0 Å². The zero-order valence-corrected chi connectivity index (χ0v) is 17.8. The van der Waals surface area contributed by atoms with Crippen LogP contribution in [0.2, 0.25) is 0 Å². The minimum absolute atomic E-state index is 0. The summed E-state index contributed by atoms with van der Waals surface area (Å²) in [5, 5.41) is 7.76. The summed E-state index contributed by atoms with van der Waals surface area (Å²) in [6.07, 6.45) is 7.32. The third-order valence-electron chi connectivity index (χ3n) is 6.48. The number of rotatable bonds is 3. The predicted molar refractivity (Wildman–Crippen MR) is 114 cm³/mol. The maximum atomic E-state index is 13.6. The van der Waals surface area contributed by atoms with Crippen LogP contribution in [0, 0.1) is 19.8 Å². The molecule has 4 rings (SSSR count). The van der Waals surface area contributed by atoms with Crippen molar-refractivity contribution in [3.05, 3.63) is 52.8 Å². The first-order valence-electron chi connectivity index (χ1n) is 10.1. The molecular formula is C22H31ClN4O. The van der Waals surface area contributed by atoms with Gasteiger partial charge < -0.3 is 10.2 Å². The summed E-state index contributed by atoms with van der Waals surface area (Å²) < 4.78 is 1.83. The summed E-state index contributed by atoms with van der Waals surface area (Å²) in [5.41, 5.74) is 5.13. The number of nitrogens with one attached hydrogen (secondary N) is 1. The third kappa shape index (κ3) is 3.83. The lowest BCUT2D eigenvalue weighted by atomic mass is 9.86. The highest BCUT2D eigenvalue weighted by molar-refractivity contribution is 5.85. The first kappa shape index (κ1) is 20.9. The molecule has 152 valence electrons. The average Bonchev–Trinajstić information content (AvgIpc) is 3.32. The van der Waals surface area contributed by atoms with Crippen LogP contribution in [0.25, 0.3) is 0 Å². The number of piperidine rings is 1. The van der Waals surface area contributed by atoms with Gasteiger partial charge in [0.2, 0.25) is 5.91 Å². The van der Waals surface area contributed by atoms with Gasteiger partial charge >= 0.3 is 0 Å². The molecule has 2 fully saturated rings. The van der Waals surface area contributed by atoms with Crippen LogP contribution in [0.3, 0.4) is 0 Å². The first-order chi connectivity index (χ1) is 13.1. The van der Waals surface area contributed by atoms with Crippen molar-refractivity contribution < 1.29 is 4.79 Å². The Morgan fingerprint density at radius 1 is 1.21 bits per heavy atom. The van der Waals surface area contributed by atoms with E-state index in [1.165, 1.54) is 28.7 Å². The normalized spacial score (nSPS) is 24.8. The van der Waals surface area contributed by atoms with Crippen LogP contribution in [0.15, 0.2) is 30.6 Å². The topological polar surface area (TPSA) is 50.2 Å². The lowest BCUT2D eigenvalue weighted by Crippen LogP contribution is -2.43. The minimum Gasteiger partial charge on any atom is -0.335 e. The van der Waals surface area contributed by atoms with Crippen molar-refractivity contribution in [1.29, 1.82) is 0 Å². The van der Waals surface area contributed by atoms with E-state index in [-0.39, 0.29) is 30.3 Å². The molecule has 2 aliphatic rings. The number of amides is 1. The van der Waals surface area contributed by atoms with E-state index in [9.17, 15) is 4.79 Å². The second-order valence-corrected chi connectivity index (χ2v) is 8.15. The molecule has 1 aromatic carbocycles. The Morgan fingerprint density at radius 2 is 2.04 bits per heavy atom. The number of aromatic nitrogens is 2. The summed E-state index contributed by atoms with van der Waals surface area (Å²) in [6, 6.07) is 6.71. The van der Waals surface area contributed by atoms with Crippen LogP contribution in [0.4, 0.5) is 0 Å². The average molecular weight is 403 g/mol. The van der Waals surface area contributed by atoms with Crippen molar-refractivity contribution in [1.82, 2.24) is 20.0 Å². The molecule has 3 atom stereocenters. The Hall–Kier alpha value is -1.85. The molecule has 0 saturated carbocycles. The van der Waals surface area contributed by atoms with E-state index < -0.39 is 0 Å². The monoisotopic (exact) mass is 402 g/mol. The molecule has 1 N–H and O–H groups in total. The molecule has 1 unspecified atom stereocenters. The summed E-state index contributed by atoms with van der Waals surface area (Å²) in [5.74, 6) is 0.520. The van der Waals surface area contributed by atoms with Crippen LogP contribution in [0.5, 0.6) is 0 Å². The maximum Gasteiger partial charge on any atom is 0.228 e. The number of hydrogen-bond acceptors (Lipinski definition) is 3. The van der Waals surface area contributed by atoms with Crippen molar-refractivity contribution in [3.63, 3.8) is 0 Å². The Bertz CT molecular complexity index is 834. The van der Waals surface area contributed by atoms with Crippen LogP contribution in [0.1, 0.15) is 53.5 Å². The van der Waals surface area contributed by atoms with Gasteiger partial charge in [-0.3, -0.25) is 9.48 Å². The number of carbonyl (C=O) groups is 1. The molecule has 3 heterocycles. The maximum absolute atomic E-state index is 13.6. The molecule has 1 aromatic heterocycles. The van der Waals surface area contributed by atoms with E-state index >= 15 is 0 Å². The largest absolute Gasteiger partial charge is 0.335 e. The van der Waals surface area contributed by atoms with Gasteiger partial charge in [0, 0.05) is 38.8 Å². The van der Waals surface area contributed by atoms with Gasteiger partial charge in [0.1, 0.15) is 0 Å². The quantitative estimate of drug-likeness (QED) is 0.854. The molecular weight excluding hydrogens is 372 g/mol. The second kappa shape index (κ2) is 8.66. The number of nitrogens with zero attached hydrogens (tertiary/aromatic N) is 3. The fourth-order valence-electron chi connectivity index (χ4n) is 4.79. The second-order valence-electron chi connectivity index (χ2n) is 8.15. The number of carbonyl (C=O) groups excluding carboxylic acids is 1. The van der Waals surface area contributed by atoms with Gasteiger partial charge in [0.15, 0.2) is 0 Å². The van der Waals surface area contributed by atoms with Gasteiger partial charge in [-0.2, -0.15) is 5.10 Å². The van der Waals surface area contributed by atoms with Crippen LogP contribution in [-0.4, -0.2) is 40.2 Å². The highest BCUT2D eigenvalue weighted by atomic mass is 35.5. The Balaban J connectivity index is 0.00000225. The standard InChI is InChI=1S/C22H30N4O.ClH/c1-15-7-6-8-18(16(15)2)21-9-4-5-10-26(21)22(27)20-13-23-12-19(20)17-11-24-25(3)14-17;/h6-8,11,14,19-21,23H,4-5,9-10,12-13H2,1-3H3;1H/t19-,20+,21?;/m1./s1. The fourth-order valence-corrected chi connectivity index (χ4v) is 4.79. The van der Waals surface area contributed by atoms with Crippen molar-refractivity contribution in [2.24, 2.45) is 13.0 Å². The van der Waals surface area contributed by atoms with Gasteiger partial charge in [0.25, 0.3) is 0 Å². The summed E-state index contributed by atoms with van der Waals surface area (Å²) in [7, 11) is 1.93. The van der Waals surface area contributed by atoms with E-state index in [0.717, 1.165) is 32.5 Å². The zero-order chi connectivity index (χ0) is 19.0. The molecule has 0 spiro atoms. The lowest BCUT2D eigenvalue weighted by Gasteiger charge is -2.39. The first-order valence-corrected chi connectivity index (χ1v) is 10.1. The number of halogens is 1. The Labute approximate surface area is 173 Å². The molecule has 0 bridgehead atoms. The van der Waals surface area contributed by atoms with E-state index in [1.807, 2.05) is 17.9 Å². The number of likely N-dealkylation sites (tertiary alicyclic amines) is 1. The van der Waals surface area contributed by atoms with Crippen LogP contribution in [-0.2, 0) is 11.8 Å². The molecule has 2 aromatic rings. The number of hydrogen-bond donors (Lipinski definition) is 1. The number of benzene rings is 1. The molecule has 28 heavy (non-hydrogen) atoms. The van der Waals surface area contributed by atoms with Gasteiger partial charge in [0.05, 0.1) is 18.2 Å². The molecule has 0 radical (unpaired) electrons. The smallest absolute Gasteiger partial charge is 0.228 e. The van der Waals surface area contributed by atoms with Crippen molar-refractivity contribution in [2.75, 3.05) is 19.6 Å². The van der Waals surface area contributed by atoms with Gasteiger partial charge in [-0.25, -0.2) is 0 Å². The highest BCUT2D eigenvalue weighted by Gasteiger charge is 2.40. The highest BCUT2D eigenvalue weighted by Crippen LogP contribution is 2.37. The van der Waals surface area contributed by atoms with Gasteiger partial charge in [-0.1, -0.05) is 18.2 Å². The van der Waals surface area contributed by atoms with Crippen molar-refractivity contribution in [2.45, 2.75) is 45.1 Å². The van der Waals surface area contributed by atoms with E-state index in [2.05, 4.69) is 53.6 Å². The summed E-state index contributed by atoms with van der Waals surface area (Å²) in [6.45, 7) is 6.83. The SMILES string of the molecule is Cc1cccc(C2CCCCN2C(=O)[C@H]2CNC[C@@H]2c2cnn(C)c2)c1C.Cl. The molecule has 1 amide bonds. The number of aryl methyl sites for hydroxylation is 2. The van der Waals surface area contributed by atoms with E-state index in [4.69, 9.17) is 0 Å². The van der Waals surface area contributed by atoms with E-state index in [0.29, 0.717) is 5.91 Å². The molecule has 6 heteroatoms. The fraction of sp³-hybridized carbons (Fsp3) is 0.545. The lowest BCUT2D eigenvalue weighted by molar-refractivity contribution is -0.139. The van der Waals surface area contributed by atoms with Crippen molar-refractivity contribution >= 4 is 18.3 Å². The molecule has 2 aliphatic heterocycles. The van der Waals surface area contributed by atoms with Gasteiger partial charge in [-0.05, 0) is 55.4 Å².